The van der Waals surface area contributed by atoms with E-state index in [2.05, 4.69) is 50.2 Å². The first kappa shape index (κ1) is 15.4. The number of benzene rings is 2. The minimum Gasteiger partial charge on any atom is -0.490 e. The van der Waals surface area contributed by atoms with Crippen molar-refractivity contribution in [3.05, 3.63) is 53.1 Å². The van der Waals surface area contributed by atoms with Crippen LogP contribution in [-0.4, -0.2) is 6.10 Å². The summed E-state index contributed by atoms with van der Waals surface area (Å²) in [6.07, 6.45) is 5.32. The van der Waals surface area contributed by atoms with Gasteiger partial charge in [0.2, 0.25) is 0 Å². The van der Waals surface area contributed by atoms with Gasteiger partial charge in [-0.3, -0.25) is 0 Å². The number of halogens is 1. The molecule has 3 rings (SSSR count). The van der Waals surface area contributed by atoms with Gasteiger partial charge >= 0.3 is 0 Å². The summed E-state index contributed by atoms with van der Waals surface area (Å²) < 4.78 is 6.14. The highest BCUT2D eigenvalue weighted by Gasteiger charge is 2.17. The zero-order valence-electron chi connectivity index (χ0n) is 13.3. The molecule has 2 aromatic carbocycles. The van der Waals surface area contributed by atoms with Crippen molar-refractivity contribution in [2.24, 2.45) is 0 Å². The van der Waals surface area contributed by atoms with Gasteiger partial charge in [0.15, 0.2) is 0 Å². The molecule has 116 valence electrons. The molecule has 0 amide bonds. The van der Waals surface area contributed by atoms with Crippen LogP contribution in [0.2, 0.25) is 5.02 Å². The summed E-state index contributed by atoms with van der Waals surface area (Å²) in [6, 6.07) is 14.6. The molecular weight excluding hydrogens is 292 g/mol. The average Bonchev–Trinajstić information content (AvgIpc) is 3.00. The van der Waals surface area contributed by atoms with Crippen LogP contribution in [0.4, 0.5) is 0 Å². The van der Waals surface area contributed by atoms with E-state index in [-0.39, 0.29) is 0 Å². The highest BCUT2D eigenvalue weighted by Crippen LogP contribution is 2.34. The highest BCUT2D eigenvalue weighted by atomic mass is 35.5. The fraction of sp³-hybridized carbons (Fsp3) is 0.400. The first-order chi connectivity index (χ1) is 10.6. The molecule has 2 aromatic rings. The van der Waals surface area contributed by atoms with Gasteiger partial charge in [-0.25, -0.2) is 0 Å². The van der Waals surface area contributed by atoms with Crippen molar-refractivity contribution in [2.45, 2.75) is 51.6 Å². The van der Waals surface area contributed by atoms with Gasteiger partial charge in [-0.1, -0.05) is 43.6 Å². The van der Waals surface area contributed by atoms with E-state index < -0.39 is 0 Å². The smallest absolute Gasteiger partial charge is 0.120 e. The number of hydrogen-bond donors (Lipinski definition) is 0. The van der Waals surface area contributed by atoms with Crippen molar-refractivity contribution in [2.75, 3.05) is 0 Å². The Labute approximate surface area is 138 Å². The largest absolute Gasteiger partial charge is 0.490 e. The van der Waals surface area contributed by atoms with Crippen LogP contribution in [0.15, 0.2) is 42.5 Å². The summed E-state index contributed by atoms with van der Waals surface area (Å²) in [5.41, 5.74) is 3.71. The van der Waals surface area contributed by atoms with Gasteiger partial charge < -0.3 is 4.74 Å². The van der Waals surface area contributed by atoms with E-state index in [9.17, 15) is 0 Å². The van der Waals surface area contributed by atoms with Crippen molar-refractivity contribution in [1.82, 2.24) is 0 Å². The third-order valence-electron chi connectivity index (χ3n) is 4.39. The summed E-state index contributed by atoms with van der Waals surface area (Å²) in [6.45, 7) is 4.43. The molecule has 1 aliphatic carbocycles. The Bertz CT molecular complexity index is 642. The molecule has 2 heteroatoms. The van der Waals surface area contributed by atoms with E-state index in [1.165, 1.54) is 42.4 Å². The van der Waals surface area contributed by atoms with E-state index >= 15 is 0 Å². The zero-order chi connectivity index (χ0) is 15.5. The number of ether oxygens (including phenoxy) is 1. The first-order valence-corrected chi connectivity index (χ1v) is 8.58. The Morgan fingerprint density at radius 3 is 2.55 bits per heavy atom. The molecular formula is C20H23ClO. The monoisotopic (exact) mass is 314 g/mol. The normalized spacial score (nSPS) is 15.5. The summed E-state index contributed by atoms with van der Waals surface area (Å²) in [4.78, 5) is 0. The Morgan fingerprint density at radius 1 is 1.05 bits per heavy atom. The molecule has 1 nitrogen and oxygen atoms in total. The lowest BCUT2D eigenvalue weighted by molar-refractivity contribution is 0.210. The molecule has 0 bridgehead atoms. The maximum atomic E-state index is 6.22. The topological polar surface area (TPSA) is 9.23 Å². The van der Waals surface area contributed by atoms with E-state index in [0.29, 0.717) is 12.0 Å². The molecule has 1 saturated carbocycles. The number of hydrogen-bond acceptors (Lipinski definition) is 1. The fourth-order valence-electron chi connectivity index (χ4n) is 3.22. The van der Waals surface area contributed by atoms with Crippen LogP contribution in [0.1, 0.15) is 51.0 Å². The summed E-state index contributed by atoms with van der Waals surface area (Å²) in [5.74, 6) is 1.44. The molecule has 0 unspecified atom stereocenters. The van der Waals surface area contributed by atoms with Crippen LogP contribution in [0.3, 0.4) is 0 Å². The van der Waals surface area contributed by atoms with E-state index in [1.807, 2.05) is 6.07 Å². The Kier molecular flexibility index (Phi) is 4.73. The van der Waals surface area contributed by atoms with Crippen molar-refractivity contribution in [3.63, 3.8) is 0 Å². The van der Waals surface area contributed by atoms with Crippen LogP contribution >= 0.6 is 11.6 Å². The third kappa shape index (κ3) is 3.47. The summed E-state index contributed by atoms with van der Waals surface area (Å²) in [5, 5.41) is 0.779. The minimum atomic E-state index is 0.388. The zero-order valence-corrected chi connectivity index (χ0v) is 14.1. The lowest BCUT2D eigenvalue weighted by Gasteiger charge is -2.16. The first-order valence-electron chi connectivity index (χ1n) is 8.20. The van der Waals surface area contributed by atoms with Crippen LogP contribution < -0.4 is 4.74 Å². The third-order valence-corrected chi connectivity index (χ3v) is 4.62. The van der Waals surface area contributed by atoms with Gasteiger partial charge in [0.25, 0.3) is 0 Å². The lowest BCUT2D eigenvalue weighted by Crippen LogP contribution is -2.10. The minimum absolute atomic E-state index is 0.388. The molecule has 0 heterocycles. The molecule has 0 atom stereocenters. The average molecular weight is 315 g/mol. The summed E-state index contributed by atoms with van der Waals surface area (Å²) in [7, 11) is 0. The van der Waals surface area contributed by atoms with Gasteiger partial charge in [-0.05, 0) is 72.6 Å². The molecule has 22 heavy (non-hydrogen) atoms. The van der Waals surface area contributed by atoms with E-state index in [1.54, 1.807) is 0 Å². The van der Waals surface area contributed by atoms with Crippen LogP contribution in [-0.2, 0) is 0 Å². The molecule has 0 N–H and O–H groups in total. The van der Waals surface area contributed by atoms with Gasteiger partial charge in [-0.15, -0.1) is 0 Å². The Hall–Kier alpha value is -1.47. The lowest BCUT2D eigenvalue weighted by atomic mass is 9.92. The molecule has 1 aliphatic rings. The van der Waals surface area contributed by atoms with E-state index in [4.69, 9.17) is 16.3 Å². The van der Waals surface area contributed by atoms with Crippen LogP contribution in [0.5, 0.6) is 5.75 Å². The van der Waals surface area contributed by atoms with Crippen LogP contribution in [0.25, 0.3) is 11.1 Å². The molecule has 0 aromatic heterocycles. The maximum absolute atomic E-state index is 6.22. The molecule has 0 radical (unpaired) electrons. The molecule has 0 saturated heterocycles. The van der Waals surface area contributed by atoms with Crippen molar-refractivity contribution >= 4 is 11.6 Å². The van der Waals surface area contributed by atoms with Crippen molar-refractivity contribution in [1.29, 1.82) is 0 Å². The van der Waals surface area contributed by atoms with Crippen LogP contribution in [0, 0.1) is 0 Å². The number of rotatable bonds is 4. The summed E-state index contributed by atoms with van der Waals surface area (Å²) >= 11 is 6.22. The second-order valence-electron chi connectivity index (χ2n) is 6.44. The molecule has 1 fully saturated rings. The predicted molar refractivity (Wildman–Crippen MR) is 93.9 cm³/mol. The fourth-order valence-corrected chi connectivity index (χ4v) is 3.39. The van der Waals surface area contributed by atoms with Gasteiger partial charge in [0.1, 0.15) is 5.75 Å². The van der Waals surface area contributed by atoms with Crippen molar-refractivity contribution < 1.29 is 4.74 Å². The molecule has 0 aliphatic heterocycles. The SMILES string of the molecule is CC(C)c1ccc(Cl)cc1-c1cccc(OC2CCCC2)c1. The Morgan fingerprint density at radius 2 is 1.82 bits per heavy atom. The van der Waals surface area contributed by atoms with E-state index in [0.717, 1.165) is 10.8 Å². The second kappa shape index (κ2) is 6.75. The second-order valence-corrected chi connectivity index (χ2v) is 6.87. The highest BCUT2D eigenvalue weighted by molar-refractivity contribution is 6.30. The van der Waals surface area contributed by atoms with Crippen molar-refractivity contribution in [3.8, 4) is 16.9 Å². The van der Waals surface area contributed by atoms with Gasteiger partial charge in [-0.2, -0.15) is 0 Å². The molecule has 0 spiro atoms. The standard InChI is InChI=1S/C20H23ClO/c1-14(2)19-11-10-16(21)13-20(19)15-6-5-9-18(12-15)22-17-7-3-4-8-17/h5-6,9-14,17H,3-4,7-8H2,1-2H3. The Balaban J connectivity index is 1.93. The van der Waals surface area contributed by atoms with Gasteiger partial charge in [0.05, 0.1) is 6.10 Å². The predicted octanol–water partition coefficient (Wildman–Crippen LogP) is 6.45. The quantitative estimate of drug-likeness (QED) is 0.630. The maximum Gasteiger partial charge on any atom is 0.120 e. The van der Waals surface area contributed by atoms with Gasteiger partial charge in [0, 0.05) is 5.02 Å².